The summed E-state index contributed by atoms with van der Waals surface area (Å²) in [6.45, 7) is 4.71. The maximum atomic E-state index is 12.9. The van der Waals surface area contributed by atoms with E-state index in [9.17, 15) is 10.1 Å². The molecule has 4 nitrogen and oxygen atoms in total. The average molecular weight is 456 g/mol. The summed E-state index contributed by atoms with van der Waals surface area (Å²) in [6.07, 6.45) is 3.70. The van der Waals surface area contributed by atoms with Crippen molar-refractivity contribution in [3.63, 3.8) is 0 Å². The second-order valence-corrected chi connectivity index (χ2v) is 8.79. The van der Waals surface area contributed by atoms with E-state index in [0.29, 0.717) is 12.2 Å². The number of anilines is 1. The van der Waals surface area contributed by atoms with E-state index in [0.717, 1.165) is 27.6 Å². The summed E-state index contributed by atoms with van der Waals surface area (Å²) in [4.78, 5) is 12.9. The molecular weight excluding hydrogens is 430 g/mol. The molecule has 4 aromatic carbocycles. The Bertz CT molecular complexity index is 1640. The third kappa shape index (κ3) is 4.45. The zero-order valence-corrected chi connectivity index (χ0v) is 19.7. The average Bonchev–Trinajstić information content (AvgIpc) is 3.22. The second kappa shape index (κ2) is 9.32. The third-order valence-corrected chi connectivity index (χ3v) is 6.47. The van der Waals surface area contributed by atoms with E-state index in [1.165, 1.54) is 16.3 Å². The fourth-order valence-corrected chi connectivity index (χ4v) is 4.46. The van der Waals surface area contributed by atoms with Crippen molar-refractivity contribution in [2.75, 3.05) is 5.32 Å². The molecule has 5 aromatic rings. The first-order valence-corrected chi connectivity index (χ1v) is 11.6. The molecule has 0 fully saturated rings. The monoisotopic (exact) mass is 455 g/mol. The Morgan fingerprint density at radius 1 is 0.914 bits per heavy atom. The first-order valence-electron chi connectivity index (χ1n) is 11.6. The highest BCUT2D eigenvalue weighted by Crippen LogP contribution is 2.27. The minimum atomic E-state index is -0.415. The Morgan fingerprint density at radius 2 is 1.66 bits per heavy atom. The summed E-state index contributed by atoms with van der Waals surface area (Å²) in [5.41, 5.74) is 6.09. The van der Waals surface area contributed by atoms with Gasteiger partial charge in [-0.25, -0.2) is 0 Å². The molecule has 35 heavy (non-hydrogen) atoms. The molecule has 1 amide bonds. The minimum absolute atomic E-state index is 0.0660. The van der Waals surface area contributed by atoms with Gasteiger partial charge < -0.3 is 9.88 Å². The van der Waals surface area contributed by atoms with Crippen molar-refractivity contribution in [1.82, 2.24) is 4.57 Å². The molecule has 0 unspecified atom stereocenters. The molecule has 0 bridgehead atoms. The van der Waals surface area contributed by atoms with Gasteiger partial charge in [0.15, 0.2) is 0 Å². The van der Waals surface area contributed by atoms with Crippen LogP contribution in [-0.4, -0.2) is 10.5 Å². The van der Waals surface area contributed by atoms with Gasteiger partial charge in [0.25, 0.3) is 5.91 Å². The van der Waals surface area contributed by atoms with E-state index in [4.69, 9.17) is 0 Å². The van der Waals surface area contributed by atoms with Gasteiger partial charge in [0.05, 0.1) is 0 Å². The van der Waals surface area contributed by atoms with Crippen LogP contribution >= 0.6 is 0 Å². The molecule has 0 aliphatic heterocycles. The van der Waals surface area contributed by atoms with Gasteiger partial charge in [-0.05, 0) is 65.6 Å². The zero-order chi connectivity index (χ0) is 24.4. The van der Waals surface area contributed by atoms with Crippen molar-refractivity contribution >= 4 is 39.3 Å². The van der Waals surface area contributed by atoms with Crippen LogP contribution in [0.5, 0.6) is 0 Å². The number of nitriles is 1. The number of amides is 1. The summed E-state index contributed by atoms with van der Waals surface area (Å²) in [5, 5.41) is 16.1. The molecule has 0 radical (unpaired) electrons. The fraction of sp³-hybridized carbons (Fsp3) is 0.0968. The molecule has 0 saturated carbocycles. The number of rotatable bonds is 5. The van der Waals surface area contributed by atoms with Crippen molar-refractivity contribution in [2.24, 2.45) is 0 Å². The fourth-order valence-electron chi connectivity index (χ4n) is 4.46. The highest BCUT2D eigenvalue weighted by molar-refractivity contribution is 6.10. The highest BCUT2D eigenvalue weighted by Gasteiger charge is 2.14. The van der Waals surface area contributed by atoms with Crippen molar-refractivity contribution in [3.05, 3.63) is 119 Å². The molecule has 5 rings (SSSR count). The van der Waals surface area contributed by atoms with E-state index in [1.807, 2.05) is 62.5 Å². The normalized spacial score (nSPS) is 11.5. The first-order chi connectivity index (χ1) is 17.0. The molecular formula is C31H25N3O. The van der Waals surface area contributed by atoms with E-state index < -0.39 is 5.91 Å². The van der Waals surface area contributed by atoms with Gasteiger partial charge in [-0.1, -0.05) is 66.7 Å². The van der Waals surface area contributed by atoms with Crippen LogP contribution < -0.4 is 5.32 Å². The maximum Gasteiger partial charge on any atom is 0.266 e. The molecule has 1 heterocycles. The molecule has 0 atom stereocenters. The van der Waals surface area contributed by atoms with Gasteiger partial charge in [0.2, 0.25) is 0 Å². The summed E-state index contributed by atoms with van der Waals surface area (Å²) < 4.78 is 2.18. The Morgan fingerprint density at radius 3 is 2.46 bits per heavy atom. The maximum absolute atomic E-state index is 12.9. The number of nitrogens with zero attached hydrogens (tertiary/aromatic N) is 2. The number of hydrogen-bond acceptors (Lipinski definition) is 2. The van der Waals surface area contributed by atoms with Crippen molar-refractivity contribution in [1.29, 1.82) is 5.26 Å². The molecule has 0 aliphatic rings. The van der Waals surface area contributed by atoms with E-state index in [-0.39, 0.29) is 5.57 Å². The lowest BCUT2D eigenvalue weighted by Gasteiger charge is -2.09. The number of benzene rings is 4. The van der Waals surface area contributed by atoms with Crippen molar-refractivity contribution in [2.45, 2.75) is 20.4 Å². The molecule has 0 aliphatic carbocycles. The Hall–Kier alpha value is -4.62. The first kappa shape index (κ1) is 22.2. The predicted octanol–water partition coefficient (Wildman–Crippen LogP) is 7.01. The van der Waals surface area contributed by atoms with Crippen LogP contribution in [0.1, 0.15) is 22.3 Å². The molecule has 0 saturated heterocycles. The number of aryl methyl sites for hydroxylation is 2. The lowest BCUT2D eigenvalue weighted by atomic mass is 10.0. The van der Waals surface area contributed by atoms with Crippen LogP contribution in [-0.2, 0) is 11.3 Å². The van der Waals surface area contributed by atoms with E-state index in [2.05, 4.69) is 58.4 Å². The largest absolute Gasteiger partial charge is 0.342 e. The number of aromatic nitrogens is 1. The molecule has 4 heteroatoms. The van der Waals surface area contributed by atoms with Crippen molar-refractivity contribution in [3.8, 4) is 6.07 Å². The Kier molecular flexibility index (Phi) is 5.91. The number of nitrogens with one attached hydrogen (secondary N) is 1. The summed E-state index contributed by atoms with van der Waals surface area (Å²) in [7, 11) is 0. The van der Waals surface area contributed by atoms with Crippen LogP contribution in [0, 0.1) is 25.2 Å². The van der Waals surface area contributed by atoms with Gasteiger partial charge in [0, 0.05) is 34.9 Å². The number of carbonyl (C=O) groups is 1. The van der Waals surface area contributed by atoms with Gasteiger partial charge in [0.1, 0.15) is 11.6 Å². The smallest absolute Gasteiger partial charge is 0.266 e. The third-order valence-electron chi connectivity index (χ3n) is 6.47. The van der Waals surface area contributed by atoms with Crippen LogP contribution in [0.25, 0.3) is 27.8 Å². The predicted molar refractivity (Wildman–Crippen MR) is 143 cm³/mol. The lowest BCUT2D eigenvalue weighted by molar-refractivity contribution is -0.112. The van der Waals surface area contributed by atoms with Crippen LogP contribution in [0.3, 0.4) is 0 Å². The summed E-state index contributed by atoms with van der Waals surface area (Å²) in [6, 6.07) is 30.6. The summed E-state index contributed by atoms with van der Waals surface area (Å²) >= 11 is 0. The molecule has 1 aromatic heterocycles. The van der Waals surface area contributed by atoms with E-state index >= 15 is 0 Å². The van der Waals surface area contributed by atoms with Gasteiger partial charge in [-0.2, -0.15) is 5.26 Å². The van der Waals surface area contributed by atoms with Gasteiger partial charge >= 0.3 is 0 Å². The van der Waals surface area contributed by atoms with Gasteiger partial charge in [-0.15, -0.1) is 0 Å². The SMILES string of the molecule is Cc1ccc(NC(=O)/C(C#N)=C/c2cn(Cc3cccc4ccccc34)c3ccccc23)cc1C. The van der Waals surface area contributed by atoms with Gasteiger partial charge in [-0.3, -0.25) is 4.79 Å². The summed E-state index contributed by atoms with van der Waals surface area (Å²) in [5.74, 6) is -0.415. The van der Waals surface area contributed by atoms with E-state index in [1.54, 1.807) is 6.08 Å². The number of fused-ring (bicyclic) bond motifs is 2. The highest BCUT2D eigenvalue weighted by atomic mass is 16.1. The van der Waals surface area contributed by atoms with Crippen molar-refractivity contribution < 1.29 is 4.79 Å². The van der Waals surface area contributed by atoms with Crippen LogP contribution in [0.2, 0.25) is 0 Å². The van der Waals surface area contributed by atoms with Crippen LogP contribution in [0.4, 0.5) is 5.69 Å². The second-order valence-electron chi connectivity index (χ2n) is 8.79. The molecule has 170 valence electrons. The zero-order valence-electron chi connectivity index (χ0n) is 19.7. The lowest BCUT2D eigenvalue weighted by Crippen LogP contribution is -2.13. The minimum Gasteiger partial charge on any atom is -0.342 e. The van der Waals surface area contributed by atoms with Crippen LogP contribution in [0.15, 0.2) is 96.7 Å². The quantitative estimate of drug-likeness (QED) is 0.229. The Balaban J connectivity index is 1.51. The topological polar surface area (TPSA) is 57.8 Å². The number of hydrogen-bond donors (Lipinski definition) is 1. The standard InChI is InChI=1S/C31H25N3O/c1-21-14-15-27(16-22(21)2)33-31(35)25(18-32)17-26-20-34(30-13-6-5-12-29(26)30)19-24-10-7-9-23-8-3-4-11-28(23)24/h3-17,20H,19H2,1-2H3,(H,33,35)/b25-17+. The Labute approximate surface area is 204 Å². The molecule has 1 N–H and O–H groups in total. The number of carbonyl (C=O) groups excluding carboxylic acids is 1. The molecule has 0 spiro atoms. The number of para-hydroxylation sites is 1.